The van der Waals surface area contributed by atoms with Crippen molar-refractivity contribution in [3.05, 3.63) is 28.3 Å². The zero-order chi connectivity index (χ0) is 14.3. The number of aromatic nitrogens is 2. The quantitative estimate of drug-likeness (QED) is 0.906. The fourth-order valence-electron chi connectivity index (χ4n) is 2.61. The predicted molar refractivity (Wildman–Crippen MR) is 85.6 cm³/mol. The first-order valence-electron chi connectivity index (χ1n) is 7.17. The van der Waals surface area contributed by atoms with Gasteiger partial charge in [0.2, 0.25) is 0 Å². The SMILES string of the molecule is CNc1nc(-c2ccc(C(C)(C)C)s2)nc2c1CCC2. The highest BCUT2D eigenvalue weighted by atomic mass is 32.1. The number of rotatable bonds is 2. The van der Waals surface area contributed by atoms with Gasteiger partial charge in [0.1, 0.15) is 5.82 Å². The highest BCUT2D eigenvalue weighted by molar-refractivity contribution is 7.15. The van der Waals surface area contributed by atoms with Crippen molar-refractivity contribution in [3.63, 3.8) is 0 Å². The Morgan fingerprint density at radius 3 is 2.60 bits per heavy atom. The van der Waals surface area contributed by atoms with E-state index in [1.807, 2.05) is 7.05 Å². The lowest BCUT2D eigenvalue weighted by atomic mass is 9.95. The standard InChI is InChI=1S/C16H21N3S/c1-16(2,3)13-9-8-12(20-13)15-18-11-7-5-6-10(11)14(17-4)19-15/h8-9H,5-7H2,1-4H3,(H,17,18,19). The van der Waals surface area contributed by atoms with Crippen LogP contribution in [0, 0.1) is 0 Å². The van der Waals surface area contributed by atoms with E-state index in [0.29, 0.717) is 0 Å². The Balaban J connectivity index is 2.05. The number of fused-ring (bicyclic) bond motifs is 1. The average Bonchev–Trinajstić information content (AvgIpc) is 3.05. The van der Waals surface area contributed by atoms with Gasteiger partial charge in [0.15, 0.2) is 5.82 Å². The highest BCUT2D eigenvalue weighted by Gasteiger charge is 2.21. The van der Waals surface area contributed by atoms with Crippen LogP contribution in [0.3, 0.4) is 0 Å². The second kappa shape index (κ2) is 4.85. The fraction of sp³-hybridized carbons (Fsp3) is 0.500. The van der Waals surface area contributed by atoms with E-state index in [0.717, 1.165) is 24.5 Å². The van der Waals surface area contributed by atoms with Crippen LogP contribution in [0.5, 0.6) is 0 Å². The van der Waals surface area contributed by atoms with Gasteiger partial charge < -0.3 is 5.32 Å². The summed E-state index contributed by atoms with van der Waals surface area (Å²) in [5.74, 6) is 1.88. The van der Waals surface area contributed by atoms with Gasteiger partial charge in [-0.05, 0) is 36.8 Å². The summed E-state index contributed by atoms with van der Waals surface area (Å²) in [6.45, 7) is 6.72. The maximum atomic E-state index is 4.79. The van der Waals surface area contributed by atoms with Crippen LogP contribution in [0.15, 0.2) is 12.1 Å². The van der Waals surface area contributed by atoms with Crippen LogP contribution in [0.4, 0.5) is 5.82 Å². The third-order valence-corrected chi connectivity index (χ3v) is 5.24. The summed E-state index contributed by atoms with van der Waals surface area (Å²) < 4.78 is 0. The molecule has 3 rings (SSSR count). The van der Waals surface area contributed by atoms with E-state index in [4.69, 9.17) is 9.97 Å². The van der Waals surface area contributed by atoms with Gasteiger partial charge in [-0.25, -0.2) is 9.97 Å². The van der Waals surface area contributed by atoms with Crippen molar-refractivity contribution in [2.24, 2.45) is 0 Å². The van der Waals surface area contributed by atoms with E-state index in [9.17, 15) is 0 Å². The molecule has 2 aromatic rings. The molecule has 0 fully saturated rings. The number of hydrogen-bond acceptors (Lipinski definition) is 4. The van der Waals surface area contributed by atoms with Crippen molar-refractivity contribution in [1.82, 2.24) is 9.97 Å². The Labute approximate surface area is 124 Å². The molecule has 2 aromatic heterocycles. The van der Waals surface area contributed by atoms with Gasteiger partial charge in [0, 0.05) is 23.2 Å². The van der Waals surface area contributed by atoms with E-state index >= 15 is 0 Å². The number of aryl methyl sites for hydroxylation is 1. The molecule has 0 aliphatic heterocycles. The van der Waals surface area contributed by atoms with E-state index in [1.165, 1.54) is 27.4 Å². The van der Waals surface area contributed by atoms with Crippen LogP contribution < -0.4 is 5.32 Å². The first kappa shape index (κ1) is 13.6. The van der Waals surface area contributed by atoms with Crippen molar-refractivity contribution in [1.29, 1.82) is 0 Å². The molecule has 1 aliphatic rings. The van der Waals surface area contributed by atoms with Crippen molar-refractivity contribution in [2.75, 3.05) is 12.4 Å². The Morgan fingerprint density at radius 1 is 1.15 bits per heavy atom. The fourth-order valence-corrected chi connectivity index (χ4v) is 3.61. The predicted octanol–water partition coefficient (Wildman–Crippen LogP) is 4.03. The van der Waals surface area contributed by atoms with Crippen LogP contribution in [0.2, 0.25) is 0 Å². The second-order valence-corrected chi connectivity index (χ2v) is 7.42. The molecule has 0 saturated heterocycles. The summed E-state index contributed by atoms with van der Waals surface area (Å²) in [6.07, 6.45) is 3.38. The Bertz CT molecular complexity index is 638. The normalized spacial score (nSPS) is 14.4. The van der Waals surface area contributed by atoms with Gasteiger partial charge >= 0.3 is 0 Å². The molecular weight excluding hydrogens is 266 g/mol. The van der Waals surface area contributed by atoms with E-state index in [1.54, 1.807) is 11.3 Å². The maximum absolute atomic E-state index is 4.79. The van der Waals surface area contributed by atoms with Gasteiger partial charge in [-0.3, -0.25) is 0 Å². The number of thiophene rings is 1. The molecule has 106 valence electrons. The molecule has 0 unspecified atom stereocenters. The molecule has 0 radical (unpaired) electrons. The molecule has 0 spiro atoms. The third kappa shape index (κ3) is 2.33. The lowest BCUT2D eigenvalue weighted by Crippen LogP contribution is -2.07. The van der Waals surface area contributed by atoms with Crippen molar-refractivity contribution in [2.45, 2.75) is 45.4 Å². The Kier molecular flexibility index (Phi) is 3.28. The van der Waals surface area contributed by atoms with Gasteiger partial charge in [-0.15, -0.1) is 11.3 Å². The van der Waals surface area contributed by atoms with Crippen LogP contribution in [-0.2, 0) is 18.3 Å². The van der Waals surface area contributed by atoms with Crippen LogP contribution in [-0.4, -0.2) is 17.0 Å². The number of nitrogens with one attached hydrogen (secondary N) is 1. The number of anilines is 1. The molecule has 3 nitrogen and oxygen atoms in total. The zero-order valence-corrected chi connectivity index (χ0v) is 13.4. The minimum atomic E-state index is 0.186. The molecule has 0 aromatic carbocycles. The first-order valence-corrected chi connectivity index (χ1v) is 7.99. The van der Waals surface area contributed by atoms with Crippen molar-refractivity contribution < 1.29 is 0 Å². The summed E-state index contributed by atoms with van der Waals surface area (Å²) in [7, 11) is 1.94. The van der Waals surface area contributed by atoms with Crippen LogP contribution in [0.25, 0.3) is 10.7 Å². The molecular formula is C16H21N3S. The Morgan fingerprint density at radius 2 is 1.95 bits per heavy atom. The second-order valence-electron chi connectivity index (χ2n) is 6.34. The van der Waals surface area contributed by atoms with Gasteiger partial charge in [0.25, 0.3) is 0 Å². The molecule has 1 aliphatic carbocycles. The number of hydrogen-bond donors (Lipinski definition) is 1. The van der Waals surface area contributed by atoms with Gasteiger partial charge in [-0.2, -0.15) is 0 Å². The lowest BCUT2D eigenvalue weighted by molar-refractivity contribution is 0.604. The van der Waals surface area contributed by atoms with E-state index in [-0.39, 0.29) is 5.41 Å². The third-order valence-electron chi connectivity index (χ3n) is 3.74. The largest absolute Gasteiger partial charge is 0.373 e. The monoisotopic (exact) mass is 287 g/mol. The lowest BCUT2D eigenvalue weighted by Gasteiger charge is -2.15. The molecule has 1 N–H and O–H groups in total. The molecule has 20 heavy (non-hydrogen) atoms. The van der Waals surface area contributed by atoms with E-state index in [2.05, 4.69) is 38.2 Å². The van der Waals surface area contributed by atoms with Crippen molar-refractivity contribution >= 4 is 17.2 Å². The summed E-state index contributed by atoms with van der Waals surface area (Å²) in [4.78, 5) is 12.0. The van der Waals surface area contributed by atoms with Crippen LogP contribution >= 0.6 is 11.3 Å². The molecule has 0 saturated carbocycles. The minimum absolute atomic E-state index is 0.186. The summed E-state index contributed by atoms with van der Waals surface area (Å²) in [6, 6.07) is 4.36. The zero-order valence-electron chi connectivity index (χ0n) is 12.6. The molecule has 0 amide bonds. The topological polar surface area (TPSA) is 37.8 Å². The first-order chi connectivity index (χ1) is 9.49. The van der Waals surface area contributed by atoms with Crippen LogP contribution in [0.1, 0.15) is 43.3 Å². The molecule has 0 bridgehead atoms. The summed E-state index contributed by atoms with van der Waals surface area (Å²) in [5, 5.41) is 3.23. The van der Waals surface area contributed by atoms with Gasteiger partial charge in [-0.1, -0.05) is 20.8 Å². The maximum Gasteiger partial charge on any atom is 0.171 e. The molecule has 4 heteroatoms. The summed E-state index contributed by atoms with van der Waals surface area (Å²) in [5.41, 5.74) is 2.72. The number of nitrogens with zero attached hydrogens (tertiary/aromatic N) is 2. The Hall–Kier alpha value is -1.42. The molecule has 2 heterocycles. The average molecular weight is 287 g/mol. The van der Waals surface area contributed by atoms with Gasteiger partial charge in [0.05, 0.1) is 4.88 Å². The smallest absolute Gasteiger partial charge is 0.171 e. The molecule has 0 atom stereocenters. The van der Waals surface area contributed by atoms with Crippen molar-refractivity contribution in [3.8, 4) is 10.7 Å². The van der Waals surface area contributed by atoms with E-state index < -0.39 is 0 Å². The summed E-state index contributed by atoms with van der Waals surface area (Å²) >= 11 is 1.80. The highest BCUT2D eigenvalue weighted by Crippen LogP contribution is 2.35. The minimum Gasteiger partial charge on any atom is -0.373 e.